The van der Waals surface area contributed by atoms with Crippen molar-refractivity contribution in [2.45, 2.75) is 64.5 Å². The average Bonchev–Trinajstić information content (AvgIpc) is 3.28. The van der Waals surface area contributed by atoms with Gasteiger partial charge in [-0.2, -0.15) is 0 Å². The molecule has 1 aliphatic rings. The molecule has 1 fully saturated rings. The van der Waals surface area contributed by atoms with Crippen molar-refractivity contribution in [3.05, 3.63) is 96.1 Å². The molecule has 3 aromatic rings. The number of benzene rings is 3. The van der Waals surface area contributed by atoms with Crippen LogP contribution in [0.15, 0.2) is 84.9 Å². The topological polar surface area (TPSA) is 72.9 Å². The molecule has 0 aliphatic carbocycles. The van der Waals surface area contributed by atoms with E-state index >= 15 is 0 Å². The van der Waals surface area contributed by atoms with E-state index in [1.807, 2.05) is 81.4 Å². The van der Waals surface area contributed by atoms with Crippen LogP contribution in [-0.4, -0.2) is 41.1 Å². The molecule has 0 aromatic heterocycles. The fourth-order valence-corrected chi connectivity index (χ4v) is 5.01. The Balaban J connectivity index is 1.54. The summed E-state index contributed by atoms with van der Waals surface area (Å²) >= 11 is 0. The van der Waals surface area contributed by atoms with E-state index < -0.39 is 17.6 Å². The Bertz CT molecular complexity index is 1270. The number of hydrogen-bond donors (Lipinski definition) is 0. The van der Waals surface area contributed by atoms with Crippen LogP contribution in [-0.2, 0) is 31.9 Å². The van der Waals surface area contributed by atoms with Gasteiger partial charge in [-0.15, -0.1) is 0 Å². The quantitative estimate of drug-likeness (QED) is 0.277. The molecular weight excluding hydrogens is 490 g/mol. The SMILES string of the molecule is CC(C)(C)OC(=O)CCC(CCc1ccccc1-c1ccccc1)C(=O)N1C(=O)OCC1Cc1ccccc1. The molecule has 1 aliphatic heterocycles. The van der Waals surface area contributed by atoms with Crippen LogP contribution in [0.4, 0.5) is 4.79 Å². The Labute approximate surface area is 230 Å². The van der Waals surface area contributed by atoms with E-state index in [2.05, 4.69) is 24.3 Å². The predicted octanol–water partition coefficient (Wildman–Crippen LogP) is 6.61. The van der Waals surface area contributed by atoms with Gasteiger partial charge in [-0.05, 0) is 68.7 Å². The van der Waals surface area contributed by atoms with Crippen molar-refractivity contribution in [1.82, 2.24) is 4.90 Å². The van der Waals surface area contributed by atoms with Crippen molar-refractivity contribution in [3.63, 3.8) is 0 Å². The number of rotatable bonds is 10. The standard InChI is InChI=1S/C33H37NO5/c1-33(2,3)39-30(35)21-20-27(19-18-26-16-10-11-17-29(26)25-14-8-5-9-15-25)31(36)34-28(23-38-32(34)37)22-24-12-6-4-7-13-24/h4-17,27-28H,18-23H2,1-3H3. The van der Waals surface area contributed by atoms with Gasteiger partial charge in [-0.1, -0.05) is 84.9 Å². The van der Waals surface area contributed by atoms with Crippen molar-refractivity contribution in [1.29, 1.82) is 0 Å². The van der Waals surface area contributed by atoms with Gasteiger partial charge in [0.2, 0.25) is 5.91 Å². The number of carbonyl (C=O) groups excluding carboxylic acids is 3. The van der Waals surface area contributed by atoms with E-state index in [-0.39, 0.29) is 30.9 Å². The summed E-state index contributed by atoms with van der Waals surface area (Å²) in [6.45, 7) is 5.63. The highest BCUT2D eigenvalue weighted by molar-refractivity contribution is 5.95. The van der Waals surface area contributed by atoms with Gasteiger partial charge < -0.3 is 9.47 Å². The third-order valence-electron chi connectivity index (χ3n) is 6.84. The molecule has 0 radical (unpaired) electrons. The van der Waals surface area contributed by atoms with E-state index in [9.17, 15) is 14.4 Å². The molecule has 2 unspecified atom stereocenters. The van der Waals surface area contributed by atoms with E-state index in [0.717, 1.165) is 22.3 Å². The second-order valence-corrected chi connectivity index (χ2v) is 11.0. The zero-order valence-electron chi connectivity index (χ0n) is 23.0. The van der Waals surface area contributed by atoms with Crippen LogP contribution >= 0.6 is 0 Å². The Morgan fingerprint density at radius 1 is 0.923 bits per heavy atom. The lowest BCUT2D eigenvalue weighted by molar-refractivity contribution is -0.155. The third-order valence-corrected chi connectivity index (χ3v) is 6.84. The smallest absolute Gasteiger partial charge is 0.416 e. The number of nitrogens with zero attached hydrogens (tertiary/aromatic N) is 1. The summed E-state index contributed by atoms with van der Waals surface area (Å²) in [5.74, 6) is -1.18. The number of carbonyl (C=O) groups is 3. The zero-order chi connectivity index (χ0) is 27.8. The summed E-state index contributed by atoms with van der Waals surface area (Å²) in [4.78, 5) is 40.5. The molecule has 0 spiro atoms. The highest BCUT2D eigenvalue weighted by Crippen LogP contribution is 2.29. The number of amides is 2. The summed E-state index contributed by atoms with van der Waals surface area (Å²) in [5.41, 5.74) is 3.75. The summed E-state index contributed by atoms with van der Waals surface area (Å²) in [7, 11) is 0. The molecular formula is C33H37NO5. The lowest BCUT2D eigenvalue weighted by atomic mass is 9.90. The molecule has 0 bridgehead atoms. The van der Waals surface area contributed by atoms with Gasteiger partial charge in [0, 0.05) is 12.3 Å². The van der Waals surface area contributed by atoms with Crippen molar-refractivity contribution < 1.29 is 23.9 Å². The van der Waals surface area contributed by atoms with Gasteiger partial charge in [-0.25, -0.2) is 9.69 Å². The van der Waals surface area contributed by atoms with Gasteiger partial charge >= 0.3 is 12.1 Å². The van der Waals surface area contributed by atoms with E-state index in [4.69, 9.17) is 9.47 Å². The number of esters is 1. The predicted molar refractivity (Wildman–Crippen MR) is 151 cm³/mol. The largest absolute Gasteiger partial charge is 0.460 e. The molecule has 2 atom stereocenters. The third kappa shape index (κ3) is 7.79. The van der Waals surface area contributed by atoms with Crippen LogP contribution in [0.25, 0.3) is 11.1 Å². The molecule has 2 amide bonds. The maximum Gasteiger partial charge on any atom is 0.416 e. The van der Waals surface area contributed by atoms with Crippen molar-refractivity contribution in [2.75, 3.05) is 6.61 Å². The molecule has 6 heteroatoms. The zero-order valence-corrected chi connectivity index (χ0v) is 23.0. The summed E-state index contributed by atoms with van der Waals surface area (Å²) in [6, 6.07) is 27.7. The van der Waals surface area contributed by atoms with Crippen LogP contribution in [0.5, 0.6) is 0 Å². The minimum atomic E-state index is -0.618. The Morgan fingerprint density at radius 2 is 1.56 bits per heavy atom. The maximum absolute atomic E-state index is 13.9. The molecule has 0 saturated carbocycles. The Kier molecular flexibility index (Phi) is 9.18. The van der Waals surface area contributed by atoms with Gasteiger partial charge in [0.25, 0.3) is 0 Å². The van der Waals surface area contributed by atoms with Crippen molar-refractivity contribution >= 4 is 18.0 Å². The number of aryl methyl sites for hydroxylation is 1. The molecule has 3 aromatic carbocycles. The van der Waals surface area contributed by atoms with E-state index in [0.29, 0.717) is 25.7 Å². The first-order chi connectivity index (χ1) is 18.7. The minimum absolute atomic E-state index is 0.0975. The number of cyclic esters (lactones) is 1. The lowest BCUT2D eigenvalue weighted by Crippen LogP contribution is -2.44. The molecule has 204 valence electrons. The second-order valence-electron chi connectivity index (χ2n) is 11.0. The summed E-state index contributed by atoms with van der Waals surface area (Å²) < 4.78 is 10.8. The lowest BCUT2D eigenvalue weighted by Gasteiger charge is -2.26. The summed E-state index contributed by atoms with van der Waals surface area (Å²) in [6.07, 6.45) is 1.42. The average molecular weight is 528 g/mol. The highest BCUT2D eigenvalue weighted by Gasteiger charge is 2.40. The number of hydrogen-bond acceptors (Lipinski definition) is 5. The minimum Gasteiger partial charge on any atom is -0.460 e. The van der Waals surface area contributed by atoms with Crippen LogP contribution in [0.3, 0.4) is 0 Å². The van der Waals surface area contributed by atoms with Gasteiger partial charge in [0.05, 0.1) is 6.04 Å². The van der Waals surface area contributed by atoms with Crippen LogP contribution in [0.2, 0.25) is 0 Å². The molecule has 1 heterocycles. The summed E-state index contributed by atoms with van der Waals surface area (Å²) in [5, 5.41) is 0. The fraction of sp³-hybridized carbons (Fsp3) is 0.364. The van der Waals surface area contributed by atoms with Crippen LogP contribution in [0, 0.1) is 5.92 Å². The van der Waals surface area contributed by atoms with E-state index in [1.54, 1.807) is 0 Å². The first-order valence-corrected chi connectivity index (χ1v) is 13.6. The Morgan fingerprint density at radius 3 is 2.26 bits per heavy atom. The fourth-order valence-electron chi connectivity index (χ4n) is 5.01. The highest BCUT2D eigenvalue weighted by atomic mass is 16.6. The number of ether oxygens (including phenoxy) is 2. The maximum atomic E-state index is 13.9. The van der Waals surface area contributed by atoms with E-state index in [1.165, 1.54) is 4.90 Å². The van der Waals surface area contributed by atoms with Crippen molar-refractivity contribution in [3.8, 4) is 11.1 Å². The number of imide groups is 1. The van der Waals surface area contributed by atoms with Crippen molar-refractivity contribution in [2.24, 2.45) is 5.92 Å². The first kappa shape index (κ1) is 28.1. The van der Waals surface area contributed by atoms with Crippen LogP contribution < -0.4 is 0 Å². The first-order valence-electron chi connectivity index (χ1n) is 13.6. The molecule has 6 nitrogen and oxygen atoms in total. The normalized spacial score (nSPS) is 16.0. The second kappa shape index (κ2) is 12.7. The Hall–Kier alpha value is -3.93. The van der Waals surface area contributed by atoms with Crippen LogP contribution in [0.1, 0.15) is 51.2 Å². The molecule has 39 heavy (non-hydrogen) atoms. The van der Waals surface area contributed by atoms with Gasteiger partial charge in [0.1, 0.15) is 12.2 Å². The molecule has 4 rings (SSSR count). The van der Waals surface area contributed by atoms with Gasteiger partial charge in [0.15, 0.2) is 0 Å². The van der Waals surface area contributed by atoms with Gasteiger partial charge in [-0.3, -0.25) is 9.59 Å². The molecule has 0 N–H and O–H groups in total. The monoisotopic (exact) mass is 527 g/mol. The molecule has 1 saturated heterocycles.